The van der Waals surface area contributed by atoms with E-state index in [2.05, 4.69) is 11.4 Å². The molecule has 0 radical (unpaired) electrons. The maximum atomic E-state index is 12.2. The molecule has 1 aliphatic rings. The Balaban J connectivity index is 1.64. The number of nitrogens with two attached hydrogens (primary N) is 1. The van der Waals surface area contributed by atoms with E-state index in [0.29, 0.717) is 11.5 Å². The van der Waals surface area contributed by atoms with Crippen molar-refractivity contribution in [2.45, 2.75) is 19.3 Å². The van der Waals surface area contributed by atoms with Crippen molar-refractivity contribution in [1.29, 1.82) is 0 Å². The molecule has 0 aromatic heterocycles. The quantitative estimate of drug-likeness (QED) is 0.737. The smallest absolute Gasteiger partial charge is 0.255 e. The molecule has 0 heterocycles. The van der Waals surface area contributed by atoms with Gasteiger partial charge in [-0.2, -0.15) is 0 Å². The number of carbonyl (C=O) groups is 2. The molecule has 0 saturated carbocycles. The molecular formula is C21H22N2O4. The number of aryl methyl sites for hydroxylation is 2. The van der Waals surface area contributed by atoms with E-state index in [-0.39, 0.29) is 12.5 Å². The van der Waals surface area contributed by atoms with Crippen molar-refractivity contribution in [3.63, 3.8) is 0 Å². The third-order valence-electron chi connectivity index (χ3n) is 4.35. The van der Waals surface area contributed by atoms with Gasteiger partial charge in [-0.05, 0) is 66.3 Å². The maximum Gasteiger partial charge on any atom is 0.255 e. The molecule has 2 amide bonds. The molecule has 0 unspecified atom stereocenters. The number of benzene rings is 2. The molecule has 2 aromatic rings. The van der Waals surface area contributed by atoms with Crippen molar-refractivity contribution in [3.05, 3.63) is 59.2 Å². The second kappa shape index (κ2) is 8.40. The summed E-state index contributed by atoms with van der Waals surface area (Å²) >= 11 is 0. The first kappa shape index (κ1) is 18.5. The van der Waals surface area contributed by atoms with E-state index in [1.807, 2.05) is 12.1 Å². The molecule has 0 bridgehead atoms. The van der Waals surface area contributed by atoms with Gasteiger partial charge >= 0.3 is 0 Å². The van der Waals surface area contributed by atoms with Crippen LogP contribution in [-0.4, -0.2) is 25.5 Å². The summed E-state index contributed by atoms with van der Waals surface area (Å²) in [6.45, 7) is -0.227. The lowest BCUT2D eigenvalue weighted by atomic mass is 10.1. The zero-order valence-electron chi connectivity index (χ0n) is 15.2. The van der Waals surface area contributed by atoms with Gasteiger partial charge in [-0.15, -0.1) is 0 Å². The van der Waals surface area contributed by atoms with E-state index in [0.717, 1.165) is 24.1 Å². The second-order valence-electron chi connectivity index (χ2n) is 6.32. The van der Waals surface area contributed by atoms with E-state index < -0.39 is 5.91 Å². The summed E-state index contributed by atoms with van der Waals surface area (Å²) in [5.41, 5.74) is 9.33. The van der Waals surface area contributed by atoms with Crippen LogP contribution in [-0.2, 0) is 22.4 Å². The van der Waals surface area contributed by atoms with Crippen LogP contribution in [0.3, 0.4) is 0 Å². The van der Waals surface area contributed by atoms with E-state index in [1.165, 1.54) is 30.7 Å². The number of nitrogens with one attached hydrogen (secondary N) is 1. The predicted octanol–water partition coefficient (Wildman–Crippen LogP) is 2.70. The minimum Gasteiger partial charge on any atom is -0.493 e. The summed E-state index contributed by atoms with van der Waals surface area (Å²) < 4.78 is 10.5. The van der Waals surface area contributed by atoms with Crippen molar-refractivity contribution < 1.29 is 19.1 Å². The number of rotatable bonds is 7. The summed E-state index contributed by atoms with van der Waals surface area (Å²) in [7, 11) is 1.50. The molecule has 0 atom stereocenters. The molecule has 3 rings (SSSR count). The topological polar surface area (TPSA) is 90.7 Å². The summed E-state index contributed by atoms with van der Waals surface area (Å²) in [6.07, 6.45) is 6.51. The third kappa shape index (κ3) is 4.88. The number of fused-ring (bicyclic) bond motifs is 1. The van der Waals surface area contributed by atoms with E-state index in [1.54, 1.807) is 24.3 Å². The standard InChI is InChI=1S/C21H22N2O4/c1-26-19-11-14(5-9-18(19)27-13-20(22)24)6-10-21(25)23-17-8-7-15-3-2-4-16(15)12-17/h5-12H,2-4,13H2,1H3,(H2,22,24)(H,23,25)/b10-6+. The van der Waals surface area contributed by atoms with E-state index in [9.17, 15) is 9.59 Å². The number of carbonyl (C=O) groups excluding carboxylic acids is 2. The molecule has 6 nitrogen and oxygen atoms in total. The maximum absolute atomic E-state index is 12.2. The highest BCUT2D eigenvalue weighted by Gasteiger charge is 2.11. The van der Waals surface area contributed by atoms with Crippen LogP contribution in [0.1, 0.15) is 23.1 Å². The normalized spacial score (nSPS) is 12.6. The van der Waals surface area contributed by atoms with Crippen LogP contribution in [0, 0.1) is 0 Å². The lowest BCUT2D eigenvalue weighted by Gasteiger charge is -2.10. The third-order valence-corrected chi connectivity index (χ3v) is 4.35. The number of hydrogen-bond donors (Lipinski definition) is 2. The van der Waals surface area contributed by atoms with Crippen molar-refractivity contribution in [2.75, 3.05) is 19.0 Å². The van der Waals surface area contributed by atoms with Gasteiger partial charge in [0, 0.05) is 11.8 Å². The second-order valence-corrected chi connectivity index (χ2v) is 6.32. The van der Waals surface area contributed by atoms with Gasteiger partial charge in [-0.3, -0.25) is 9.59 Å². The van der Waals surface area contributed by atoms with Crippen molar-refractivity contribution in [2.24, 2.45) is 5.73 Å². The van der Waals surface area contributed by atoms with Crippen molar-refractivity contribution in [1.82, 2.24) is 0 Å². The Morgan fingerprint density at radius 1 is 1.11 bits per heavy atom. The number of primary amides is 1. The van der Waals surface area contributed by atoms with Gasteiger partial charge in [0.25, 0.3) is 5.91 Å². The molecule has 1 aliphatic carbocycles. The lowest BCUT2D eigenvalue weighted by Crippen LogP contribution is -2.20. The molecular weight excluding hydrogens is 344 g/mol. The molecule has 0 fully saturated rings. The first-order valence-electron chi connectivity index (χ1n) is 8.75. The molecule has 140 valence electrons. The highest BCUT2D eigenvalue weighted by molar-refractivity contribution is 6.02. The van der Waals surface area contributed by atoms with E-state index in [4.69, 9.17) is 15.2 Å². The summed E-state index contributed by atoms with van der Waals surface area (Å²) in [4.78, 5) is 23.0. The lowest BCUT2D eigenvalue weighted by molar-refractivity contribution is -0.120. The van der Waals surface area contributed by atoms with Crippen molar-refractivity contribution in [3.8, 4) is 11.5 Å². The highest BCUT2D eigenvalue weighted by Crippen LogP contribution is 2.28. The number of methoxy groups -OCH3 is 1. The molecule has 3 N–H and O–H groups in total. The fraction of sp³-hybridized carbons (Fsp3) is 0.238. The molecule has 0 saturated heterocycles. The molecule has 2 aromatic carbocycles. The number of anilines is 1. The Labute approximate surface area is 158 Å². The average molecular weight is 366 g/mol. The van der Waals surface area contributed by atoms with Crippen LogP contribution < -0.4 is 20.5 Å². The molecule has 0 aliphatic heterocycles. The van der Waals surface area contributed by atoms with Gasteiger partial charge in [0.15, 0.2) is 18.1 Å². The zero-order valence-corrected chi connectivity index (χ0v) is 15.2. The SMILES string of the molecule is COc1cc(/C=C/C(=O)Nc2ccc3c(c2)CCC3)ccc1OCC(N)=O. The van der Waals surface area contributed by atoms with Gasteiger partial charge < -0.3 is 20.5 Å². The summed E-state index contributed by atoms with van der Waals surface area (Å²) in [6, 6.07) is 11.2. The first-order chi connectivity index (χ1) is 13.0. The Hall–Kier alpha value is -3.28. The van der Waals surface area contributed by atoms with Crippen LogP contribution in [0.25, 0.3) is 6.08 Å². The van der Waals surface area contributed by atoms with Gasteiger partial charge in [-0.1, -0.05) is 12.1 Å². The average Bonchev–Trinajstić information content (AvgIpc) is 3.12. The van der Waals surface area contributed by atoms with Gasteiger partial charge in [-0.25, -0.2) is 0 Å². The predicted molar refractivity (Wildman–Crippen MR) is 104 cm³/mol. The number of ether oxygens (including phenoxy) is 2. The first-order valence-corrected chi connectivity index (χ1v) is 8.75. The molecule has 6 heteroatoms. The Morgan fingerprint density at radius 3 is 2.70 bits per heavy atom. The number of amides is 2. The van der Waals surface area contributed by atoms with Gasteiger partial charge in [0.1, 0.15) is 0 Å². The summed E-state index contributed by atoms with van der Waals surface area (Å²) in [5, 5.41) is 2.88. The van der Waals surface area contributed by atoms with Crippen LogP contribution in [0.5, 0.6) is 11.5 Å². The molecule has 0 spiro atoms. The monoisotopic (exact) mass is 366 g/mol. The van der Waals surface area contributed by atoms with E-state index >= 15 is 0 Å². The van der Waals surface area contributed by atoms with Gasteiger partial charge in [0.2, 0.25) is 5.91 Å². The minimum absolute atomic E-state index is 0.207. The Kier molecular flexibility index (Phi) is 5.76. The van der Waals surface area contributed by atoms with Crippen LogP contribution in [0.4, 0.5) is 5.69 Å². The number of hydrogen-bond acceptors (Lipinski definition) is 4. The fourth-order valence-corrected chi connectivity index (χ4v) is 3.06. The van der Waals surface area contributed by atoms with Crippen LogP contribution >= 0.6 is 0 Å². The van der Waals surface area contributed by atoms with Crippen molar-refractivity contribution >= 4 is 23.6 Å². The zero-order chi connectivity index (χ0) is 19.2. The Bertz CT molecular complexity index is 890. The summed E-state index contributed by atoms with van der Waals surface area (Å²) in [5.74, 6) is 0.0960. The highest BCUT2D eigenvalue weighted by atomic mass is 16.5. The van der Waals surface area contributed by atoms with Gasteiger partial charge in [0.05, 0.1) is 7.11 Å². The fourth-order valence-electron chi connectivity index (χ4n) is 3.06. The molecule has 27 heavy (non-hydrogen) atoms. The van der Waals surface area contributed by atoms with Crippen LogP contribution in [0.15, 0.2) is 42.5 Å². The Morgan fingerprint density at radius 2 is 1.93 bits per heavy atom. The largest absolute Gasteiger partial charge is 0.493 e. The van der Waals surface area contributed by atoms with Crippen LogP contribution in [0.2, 0.25) is 0 Å². The minimum atomic E-state index is -0.566.